The van der Waals surface area contributed by atoms with Crippen molar-refractivity contribution in [2.75, 3.05) is 97.3 Å². The molecule has 420 valence electrons. The highest BCUT2D eigenvalue weighted by Gasteiger charge is 2.58. The van der Waals surface area contributed by atoms with Crippen LogP contribution in [0, 0.1) is 34.5 Å². The molecule has 0 spiro atoms. The number of ether oxygens (including phenoxy) is 4. The number of fused-ring (bicyclic) bond motifs is 6. The third-order valence-electron chi connectivity index (χ3n) is 16.8. The van der Waals surface area contributed by atoms with Gasteiger partial charge in [-0.3, -0.25) is 39.0 Å². The van der Waals surface area contributed by atoms with Gasteiger partial charge in [0.2, 0.25) is 11.8 Å². The molecule has 3 amide bonds. The molecule has 3 saturated heterocycles. The van der Waals surface area contributed by atoms with E-state index < -0.39 is 53.2 Å². The normalized spacial score (nSPS) is 25.7. The number of rotatable bonds is 15. The molecule has 0 unspecified atom stereocenters. The van der Waals surface area contributed by atoms with Crippen molar-refractivity contribution in [1.82, 2.24) is 45.0 Å². The van der Waals surface area contributed by atoms with Gasteiger partial charge in [-0.2, -0.15) is 5.26 Å². The Morgan fingerprint density at radius 3 is 2.49 bits per heavy atom. The third kappa shape index (κ3) is 11.8. The van der Waals surface area contributed by atoms with Crippen molar-refractivity contribution in [1.29, 1.82) is 5.26 Å². The lowest BCUT2D eigenvalue weighted by atomic mass is 9.84. The van der Waals surface area contributed by atoms with E-state index in [1.807, 2.05) is 51.1 Å². The number of carbonyl (C=O) groups is 4. The standard InChI is InChI=1S/C58H79N11O8S/c1-9-75-52-50(62-53(70)47-36(4)48(47)55(71)67-21-19-64(18-16-59)20-22-67)56(72)69-17-10-11-44(63-69)57(73)77-34-58(6,7)31-43-41-29-38(45-33-78-54(52)61-45)12-15-46(41)68(27-28-76-35(2)3)51(43)42-30-40(32-60-49(42)37(5)74-8)66-25-23-65(24-26-66)39-13-14-39/h12,15,29-30,32-33,35-37,39,44,47-48,50,52,63H,9-11,13-14,17-28,31,34H2,1-8H3,(H,62,70)/t36-,37+,44+,47-,48-,50+,52+/m1/s1. The van der Waals surface area contributed by atoms with Crippen LogP contribution in [0.15, 0.2) is 35.8 Å². The van der Waals surface area contributed by atoms with Crippen LogP contribution in [0.3, 0.4) is 0 Å². The van der Waals surface area contributed by atoms with Crippen LogP contribution < -0.4 is 15.6 Å². The zero-order valence-electron chi connectivity index (χ0n) is 46.8. The second kappa shape index (κ2) is 23.7. The number of esters is 1. The Hall–Kier alpha value is -5.53. The molecule has 6 bridgehead atoms. The first kappa shape index (κ1) is 55.8. The molecular weight excluding hydrogens is 1010 g/mol. The zero-order valence-corrected chi connectivity index (χ0v) is 47.6. The highest BCUT2D eigenvalue weighted by Crippen LogP contribution is 2.48. The Morgan fingerprint density at radius 2 is 1.78 bits per heavy atom. The monoisotopic (exact) mass is 1090 g/mol. The van der Waals surface area contributed by atoms with Gasteiger partial charge >= 0.3 is 5.97 Å². The molecule has 1 aromatic carbocycles. The number of anilines is 1. The van der Waals surface area contributed by atoms with Crippen LogP contribution in [-0.4, -0.2) is 175 Å². The molecule has 10 rings (SSSR count). The van der Waals surface area contributed by atoms with Crippen LogP contribution in [0.2, 0.25) is 0 Å². The summed E-state index contributed by atoms with van der Waals surface area (Å²) in [6.45, 7) is 22.0. The number of hydrogen-bond donors (Lipinski definition) is 2. The first-order chi connectivity index (χ1) is 37.6. The molecule has 3 aromatic heterocycles. The van der Waals surface area contributed by atoms with Gasteiger partial charge in [0.1, 0.15) is 23.2 Å². The summed E-state index contributed by atoms with van der Waals surface area (Å²) < 4.78 is 27.5. The van der Waals surface area contributed by atoms with E-state index in [4.69, 9.17) is 28.9 Å². The number of cyclic esters (lactones) is 1. The number of nitrogens with zero attached hydrogens (tertiary/aromatic N) is 9. The minimum atomic E-state index is -1.26. The molecule has 78 heavy (non-hydrogen) atoms. The van der Waals surface area contributed by atoms with Crippen LogP contribution in [0.1, 0.15) is 103 Å². The number of methoxy groups -OCH3 is 1. The third-order valence-corrected chi connectivity index (χ3v) is 17.7. The maximum absolute atomic E-state index is 15.1. The number of benzene rings is 1. The smallest absolute Gasteiger partial charge is 0.324 e. The number of hydrazine groups is 1. The van der Waals surface area contributed by atoms with Crippen molar-refractivity contribution in [3.63, 3.8) is 0 Å². The minimum absolute atomic E-state index is 0.0229. The van der Waals surface area contributed by atoms with Crippen LogP contribution in [0.5, 0.6) is 0 Å². The van der Waals surface area contributed by atoms with Crippen molar-refractivity contribution in [3.8, 4) is 28.6 Å². The molecule has 2 aliphatic carbocycles. The van der Waals surface area contributed by atoms with E-state index in [-0.39, 0.29) is 43.8 Å². The van der Waals surface area contributed by atoms with Crippen LogP contribution in [0.25, 0.3) is 33.4 Å². The number of nitriles is 1. The summed E-state index contributed by atoms with van der Waals surface area (Å²) in [4.78, 5) is 77.2. The fourth-order valence-electron chi connectivity index (χ4n) is 12.1. The van der Waals surface area contributed by atoms with Gasteiger partial charge in [-0.25, -0.2) is 10.4 Å². The Bertz CT molecular complexity index is 2880. The Kier molecular flexibility index (Phi) is 16.9. The van der Waals surface area contributed by atoms with E-state index in [0.717, 1.165) is 70.8 Å². The van der Waals surface area contributed by atoms with E-state index in [1.165, 1.54) is 29.2 Å². The molecular formula is C58H79N11O8S. The maximum atomic E-state index is 15.1. The quantitative estimate of drug-likeness (QED) is 0.104. The number of nitrogens with one attached hydrogen (secondary N) is 2. The van der Waals surface area contributed by atoms with Crippen molar-refractivity contribution < 1.29 is 38.1 Å². The molecule has 7 heterocycles. The van der Waals surface area contributed by atoms with Crippen molar-refractivity contribution in [2.24, 2.45) is 23.2 Å². The SMILES string of the molecule is CCO[C@@H]1c2nc(cs2)-c2ccc3c(c2)c(c(-c2cc(N4CCN(C5CC5)CC4)cnc2[C@H](C)OC)n3CCOC(C)C)CC(C)(C)COC(=O)[C@@H]2CCCN(N2)C(=O)[C@H]1NC(=O)[C@@H]1[C@@H](C)[C@H]1C(=O)N1CCN(CC#N)CC1. The van der Waals surface area contributed by atoms with Gasteiger partial charge in [-0.1, -0.05) is 26.8 Å². The largest absolute Gasteiger partial charge is 0.464 e. The fraction of sp³-hybridized carbons (Fsp3) is 0.638. The van der Waals surface area contributed by atoms with Gasteiger partial charge in [-0.15, -0.1) is 11.3 Å². The predicted molar refractivity (Wildman–Crippen MR) is 297 cm³/mol. The molecule has 2 N–H and O–H groups in total. The summed E-state index contributed by atoms with van der Waals surface area (Å²) >= 11 is 1.36. The molecule has 19 nitrogen and oxygen atoms in total. The van der Waals surface area contributed by atoms with Gasteiger partial charge in [0.15, 0.2) is 0 Å². The number of amides is 3. The first-order valence-electron chi connectivity index (χ1n) is 28.4. The number of hydrogen-bond acceptors (Lipinski definition) is 16. The summed E-state index contributed by atoms with van der Waals surface area (Å²) in [7, 11) is 1.72. The van der Waals surface area contributed by atoms with Gasteiger partial charge in [0, 0.05) is 118 Å². The average molecular weight is 1090 g/mol. The molecule has 0 radical (unpaired) electrons. The summed E-state index contributed by atoms with van der Waals surface area (Å²) in [5.74, 6) is -2.92. The number of carbonyl (C=O) groups excluding carboxylic acids is 4. The highest BCUT2D eigenvalue weighted by molar-refractivity contribution is 7.10. The van der Waals surface area contributed by atoms with E-state index in [1.54, 1.807) is 12.0 Å². The van der Waals surface area contributed by atoms with E-state index >= 15 is 4.79 Å². The average Bonchev–Trinajstić information content (AvgIpc) is 4.52. The van der Waals surface area contributed by atoms with Crippen molar-refractivity contribution in [2.45, 2.75) is 124 Å². The molecule has 7 atom stereocenters. The summed E-state index contributed by atoms with van der Waals surface area (Å²) in [6, 6.07) is 9.54. The molecule has 6 aliphatic rings. The summed E-state index contributed by atoms with van der Waals surface area (Å²) in [5, 5.41) is 17.2. The van der Waals surface area contributed by atoms with Crippen molar-refractivity contribution in [3.05, 3.63) is 52.1 Å². The Labute approximate surface area is 462 Å². The van der Waals surface area contributed by atoms with Gasteiger partial charge in [0.25, 0.3) is 5.91 Å². The Balaban J connectivity index is 1.05. The predicted octanol–water partition coefficient (Wildman–Crippen LogP) is 5.98. The fourth-order valence-corrected chi connectivity index (χ4v) is 13.1. The van der Waals surface area contributed by atoms with Crippen molar-refractivity contribution >= 4 is 51.6 Å². The van der Waals surface area contributed by atoms with Gasteiger partial charge in [-0.05, 0) is 89.5 Å². The second-order valence-electron chi connectivity index (χ2n) is 23.3. The van der Waals surface area contributed by atoms with Crippen LogP contribution in [0.4, 0.5) is 5.69 Å². The van der Waals surface area contributed by atoms with E-state index in [9.17, 15) is 19.6 Å². The van der Waals surface area contributed by atoms with E-state index in [0.29, 0.717) is 81.9 Å². The summed E-state index contributed by atoms with van der Waals surface area (Å²) in [6.07, 6.45) is 4.73. The van der Waals surface area contributed by atoms with Gasteiger partial charge in [0.05, 0.1) is 78.8 Å². The molecule has 20 heteroatoms. The first-order valence-corrected chi connectivity index (χ1v) is 29.2. The molecule has 4 aliphatic heterocycles. The van der Waals surface area contributed by atoms with Gasteiger partial charge < -0.3 is 38.6 Å². The highest BCUT2D eigenvalue weighted by atomic mass is 32.1. The lowest BCUT2D eigenvalue weighted by molar-refractivity contribution is -0.156. The number of thiazole rings is 1. The minimum Gasteiger partial charge on any atom is -0.464 e. The summed E-state index contributed by atoms with van der Waals surface area (Å²) in [5.41, 5.74) is 10.1. The Morgan fingerprint density at radius 1 is 1.01 bits per heavy atom. The molecule has 5 fully saturated rings. The molecule has 4 aromatic rings. The number of pyridine rings is 1. The lowest BCUT2D eigenvalue weighted by Gasteiger charge is -2.37. The second-order valence-corrected chi connectivity index (χ2v) is 24.1. The molecule has 2 saturated carbocycles. The number of piperazine rings is 2. The maximum Gasteiger partial charge on any atom is 0.324 e. The topological polar surface area (TPSA) is 200 Å². The number of aromatic nitrogens is 3. The van der Waals surface area contributed by atoms with Crippen LogP contribution >= 0.6 is 11.3 Å². The van der Waals surface area contributed by atoms with E-state index in [2.05, 4.69) is 69.3 Å². The lowest BCUT2D eigenvalue weighted by Crippen LogP contribution is -2.61. The van der Waals surface area contributed by atoms with Crippen LogP contribution in [-0.2, 0) is 51.1 Å². The zero-order chi connectivity index (χ0) is 55.0.